The van der Waals surface area contributed by atoms with E-state index in [9.17, 15) is 9.18 Å². The van der Waals surface area contributed by atoms with Crippen molar-refractivity contribution >= 4 is 28.2 Å². The van der Waals surface area contributed by atoms with Gasteiger partial charge in [0.2, 0.25) is 0 Å². The summed E-state index contributed by atoms with van der Waals surface area (Å²) in [4.78, 5) is 21.8. The fourth-order valence-corrected chi connectivity index (χ4v) is 4.50. The summed E-state index contributed by atoms with van der Waals surface area (Å²) < 4.78 is 14.2. The summed E-state index contributed by atoms with van der Waals surface area (Å²) in [6.45, 7) is 5.39. The molecule has 34 heavy (non-hydrogen) atoms. The van der Waals surface area contributed by atoms with E-state index >= 15 is 0 Å². The van der Waals surface area contributed by atoms with Gasteiger partial charge in [0.1, 0.15) is 11.6 Å². The Morgan fingerprint density at radius 1 is 0.941 bits per heavy atom. The molecule has 5 nitrogen and oxygen atoms in total. The quantitative estimate of drug-likeness (QED) is 0.464. The van der Waals surface area contributed by atoms with Crippen molar-refractivity contribution in [2.75, 3.05) is 36.0 Å². The molecule has 1 saturated heterocycles. The number of aromatic nitrogens is 1. The third kappa shape index (κ3) is 4.44. The van der Waals surface area contributed by atoms with Crippen molar-refractivity contribution in [3.05, 3.63) is 102 Å². The molecule has 0 saturated carbocycles. The lowest BCUT2D eigenvalue weighted by Crippen LogP contribution is -2.47. The molecule has 0 bridgehead atoms. The molecular weight excluding hydrogens is 427 g/mol. The third-order valence-electron chi connectivity index (χ3n) is 6.48. The number of fused-ring (bicyclic) bond motifs is 1. The van der Waals surface area contributed by atoms with Crippen LogP contribution in [0, 0.1) is 12.7 Å². The van der Waals surface area contributed by atoms with Crippen LogP contribution in [0.4, 0.5) is 15.9 Å². The van der Waals surface area contributed by atoms with E-state index in [1.807, 2.05) is 67.6 Å². The molecule has 1 amide bonds. The second kappa shape index (κ2) is 9.51. The third-order valence-corrected chi connectivity index (χ3v) is 6.48. The van der Waals surface area contributed by atoms with E-state index in [0.717, 1.165) is 40.8 Å². The van der Waals surface area contributed by atoms with E-state index in [1.165, 1.54) is 6.07 Å². The number of nitrogens with zero attached hydrogens (tertiary/aromatic N) is 3. The van der Waals surface area contributed by atoms with Crippen LogP contribution < -0.4 is 15.1 Å². The van der Waals surface area contributed by atoms with Crippen LogP contribution in [0.1, 0.15) is 21.5 Å². The number of hydrogen-bond acceptors (Lipinski definition) is 4. The molecule has 2 heterocycles. The highest BCUT2D eigenvalue weighted by molar-refractivity contribution is 6.01. The molecule has 4 aromatic rings. The minimum absolute atomic E-state index is 0.107. The fraction of sp³-hybridized carbons (Fsp3) is 0.214. The van der Waals surface area contributed by atoms with E-state index in [0.29, 0.717) is 30.9 Å². The summed E-state index contributed by atoms with van der Waals surface area (Å²) in [6, 6.07) is 22.7. The Labute approximate surface area is 198 Å². The molecule has 5 rings (SSSR count). The Bertz CT molecular complexity index is 1330. The Morgan fingerprint density at radius 2 is 1.68 bits per heavy atom. The molecule has 1 aliphatic heterocycles. The van der Waals surface area contributed by atoms with Crippen LogP contribution in [0.2, 0.25) is 0 Å². The molecule has 6 heteroatoms. The molecule has 172 valence electrons. The number of halogens is 1. The van der Waals surface area contributed by atoms with E-state index in [2.05, 4.69) is 20.1 Å². The Balaban J connectivity index is 1.33. The van der Waals surface area contributed by atoms with Crippen molar-refractivity contribution in [3.63, 3.8) is 0 Å². The monoisotopic (exact) mass is 454 g/mol. The van der Waals surface area contributed by atoms with Gasteiger partial charge in [-0.05, 0) is 53.8 Å². The molecule has 0 spiro atoms. The van der Waals surface area contributed by atoms with Gasteiger partial charge < -0.3 is 15.1 Å². The van der Waals surface area contributed by atoms with Gasteiger partial charge in [0, 0.05) is 49.9 Å². The number of carbonyl (C=O) groups excluding carboxylic acids is 1. The summed E-state index contributed by atoms with van der Waals surface area (Å²) in [5.41, 5.74) is 3.51. The van der Waals surface area contributed by atoms with Crippen molar-refractivity contribution in [1.29, 1.82) is 0 Å². The van der Waals surface area contributed by atoms with E-state index in [1.54, 1.807) is 12.3 Å². The van der Waals surface area contributed by atoms with Crippen LogP contribution in [0.15, 0.2) is 79.0 Å². The van der Waals surface area contributed by atoms with Gasteiger partial charge in [-0.25, -0.2) is 9.37 Å². The summed E-state index contributed by atoms with van der Waals surface area (Å²) in [6.07, 6.45) is 1.80. The standard InChI is InChI=1S/C28H27FN4O/c1-20-6-2-3-7-23(20)19-31-28(34)22-11-10-21-12-13-30-27(24(21)18-22)33-16-14-32(15-17-33)26-9-5-4-8-25(26)29/h2-13,18H,14-17,19H2,1H3,(H,31,34). The molecular formula is C28H27FN4O. The van der Waals surface area contributed by atoms with Gasteiger partial charge in [0.25, 0.3) is 5.91 Å². The lowest BCUT2D eigenvalue weighted by atomic mass is 10.1. The van der Waals surface area contributed by atoms with E-state index in [4.69, 9.17) is 0 Å². The number of benzene rings is 3. The summed E-state index contributed by atoms with van der Waals surface area (Å²) in [5.74, 6) is 0.559. The first-order valence-corrected chi connectivity index (χ1v) is 11.6. The number of carbonyl (C=O) groups is 1. The van der Waals surface area contributed by atoms with Gasteiger partial charge in [-0.3, -0.25) is 4.79 Å². The van der Waals surface area contributed by atoms with Gasteiger partial charge in [-0.2, -0.15) is 0 Å². The van der Waals surface area contributed by atoms with E-state index < -0.39 is 0 Å². The van der Waals surface area contributed by atoms with Crippen LogP contribution in [-0.2, 0) is 6.54 Å². The largest absolute Gasteiger partial charge is 0.366 e. The van der Waals surface area contributed by atoms with Gasteiger partial charge >= 0.3 is 0 Å². The van der Waals surface area contributed by atoms with Crippen LogP contribution in [-0.4, -0.2) is 37.1 Å². The molecule has 0 aliphatic carbocycles. The summed E-state index contributed by atoms with van der Waals surface area (Å²) >= 11 is 0. The minimum Gasteiger partial charge on any atom is -0.366 e. The fourth-order valence-electron chi connectivity index (χ4n) is 4.50. The first kappa shape index (κ1) is 21.9. The number of nitrogens with one attached hydrogen (secondary N) is 1. The maximum atomic E-state index is 14.2. The minimum atomic E-state index is -0.194. The molecule has 0 unspecified atom stereocenters. The number of amides is 1. The Kier molecular flexibility index (Phi) is 6.12. The second-order valence-corrected chi connectivity index (χ2v) is 8.61. The van der Waals surface area contributed by atoms with Gasteiger partial charge in [-0.1, -0.05) is 42.5 Å². The number of anilines is 2. The zero-order valence-electron chi connectivity index (χ0n) is 19.2. The highest BCUT2D eigenvalue weighted by Crippen LogP contribution is 2.28. The molecule has 1 fully saturated rings. The zero-order chi connectivity index (χ0) is 23.5. The van der Waals surface area contributed by atoms with Crippen molar-refractivity contribution in [2.45, 2.75) is 13.5 Å². The average molecular weight is 455 g/mol. The van der Waals surface area contributed by atoms with Gasteiger partial charge in [-0.15, -0.1) is 0 Å². The average Bonchev–Trinajstić information content (AvgIpc) is 2.88. The molecule has 0 radical (unpaired) electrons. The first-order chi connectivity index (χ1) is 16.6. The number of aryl methyl sites for hydroxylation is 1. The molecule has 3 aromatic carbocycles. The SMILES string of the molecule is Cc1ccccc1CNC(=O)c1ccc2ccnc(N3CCN(c4ccccc4F)CC3)c2c1. The molecule has 1 aliphatic rings. The smallest absolute Gasteiger partial charge is 0.251 e. The zero-order valence-corrected chi connectivity index (χ0v) is 19.2. The highest BCUT2D eigenvalue weighted by Gasteiger charge is 2.22. The van der Waals surface area contributed by atoms with Crippen molar-refractivity contribution < 1.29 is 9.18 Å². The maximum absolute atomic E-state index is 14.2. The van der Waals surface area contributed by atoms with Crippen molar-refractivity contribution in [1.82, 2.24) is 10.3 Å². The predicted octanol–water partition coefficient (Wildman–Crippen LogP) is 4.94. The Hall–Kier alpha value is -3.93. The van der Waals surface area contributed by atoms with Crippen molar-refractivity contribution in [3.8, 4) is 0 Å². The molecule has 0 atom stereocenters. The topological polar surface area (TPSA) is 48.5 Å². The number of pyridine rings is 1. The van der Waals surface area contributed by atoms with Crippen molar-refractivity contribution in [2.24, 2.45) is 0 Å². The van der Waals surface area contributed by atoms with Crippen LogP contribution in [0.25, 0.3) is 10.8 Å². The van der Waals surface area contributed by atoms with Crippen LogP contribution >= 0.6 is 0 Å². The van der Waals surface area contributed by atoms with Gasteiger partial charge in [0.15, 0.2) is 0 Å². The lowest BCUT2D eigenvalue weighted by molar-refractivity contribution is 0.0951. The Morgan fingerprint density at radius 3 is 2.47 bits per heavy atom. The number of para-hydroxylation sites is 1. The predicted molar refractivity (Wildman–Crippen MR) is 135 cm³/mol. The summed E-state index contributed by atoms with van der Waals surface area (Å²) in [5, 5.41) is 5.02. The maximum Gasteiger partial charge on any atom is 0.251 e. The highest BCUT2D eigenvalue weighted by atomic mass is 19.1. The summed E-state index contributed by atoms with van der Waals surface area (Å²) in [7, 11) is 0. The normalized spacial score (nSPS) is 13.8. The van der Waals surface area contributed by atoms with Crippen LogP contribution in [0.3, 0.4) is 0 Å². The first-order valence-electron chi connectivity index (χ1n) is 11.6. The molecule has 1 N–H and O–H groups in total. The van der Waals surface area contributed by atoms with E-state index in [-0.39, 0.29) is 11.7 Å². The molecule has 1 aromatic heterocycles. The number of hydrogen-bond donors (Lipinski definition) is 1. The number of piperazine rings is 1. The number of rotatable bonds is 5. The van der Waals surface area contributed by atoms with Gasteiger partial charge in [0.05, 0.1) is 5.69 Å². The van der Waals surface area contributed by atoms with Crippen LogP contribution in [0.5, 0.6) is 0 Å². The second-order valence-electron chi connectivity index (χ2n) is 8.61. The lowest BCUT2D eigenvalue weighted by Gasteiger charge is -2.37.